The molecule has 0 aliphatic heterocycles. The Kier molecular flexibility index (Phi) is 5.32. The maximum Gasteiger partial charge on any atom is 0.271 e. The highest BCUT2D eigenvalue weighted by atomic mass is 32.1. The Labute approximate surface area is 122 Å². The second kappa shape index (κ2) is 7.45. The number of hydrogen-bond donors (Lipinski definition) is 2. The van der Waals surface area contributed by atoms with Crippen LogP contribution in [-0.4, -0.2) is 17.4 Å². The average molecular weight is 287 g/mol. The number of carbonyl (C=O) groups excluding carboxylic acids is 1. The van der Waals surface area contributed by atoms with Crippen LogP contribution in [0.25, 0.3) is 0 Å². The molecule has 1 aromatic heterocycles. The molecule has 5 heteroatoms. The summed E-state index contributed by atoms with van der Waals surface area (Å²) in [6.45, 7) is 3.19. The Morgan fingerprint density at radius 3 is 2.90 bits per heavy atom. The molecular weight excluding hydrogens is 270 g/mol. The minimum Gasteiger partial charge on any atom is -0.358 e. The lowest BCUT2D eigenvalue weighted by molar-refractivity contribution is 0.0946. The molecule has 104 valence electrons. The number of carbonyl (C=O) groups is 1. The summed E-state index contributed by atoms with van der Waals surface area (Å²) in [4.78, 5) is 16.2. The Morgan fingerprint density at radius 2 is 2.15 bits per heavy atom. The van der Waals surface area contributed by atoms with E-state index in [-0.39, 0.29) is 5.91 Å². The van der Waals surface area contributed by atoms with Gasteiger partial charge in [-0.2, -0.15) is 0 Å². The molecule has 0 atom stereocenters. The number of nitrogens with zero attached hydrogens (tertiary/aromatic N) is 1. The van der Waals surface area contributed by atoms with E-state index >= 15 is 0 Å². The molecule has 20 heavy (non-hydrogen) atoms. The molecule has 0 saturated carbocycles. The van der Waals surface area contributed by atoms with Gasteiger partial charge in [-0.05, 0) is 12.5 Å². The number of anilines is 1. The van der Waals surface area contributed by atoms with Gasteiger partial charge in [-0.15, -0.1) is 11.3 Å². The van der Waals surface area contributed by atoms with E-state index in [4.69, 9.17) is 0 Å². The number of thiazole rings is 1. The van der Waals surface area contributed by atoms with Gasteiger partial charge in [-0.25, -0.2) is 4.98 Å². The third kappa shape index (κ3) is 4.20. The predicted molar refractivity (Wildman–Crippen MR) is 83.0 cm³/mol. The standard InChI is InChI=1S/C15H17N3OS/c1-2-3-9-16-15-18-13(11-20-15)14(19)17-10-12-7-5-4-6-8-12/h2-8,11H,9-10H2,1H3,(H,16,18)(H,17,19)/b3-2-. The molecule has 0 aliphatic carbocycles. The van der Waals surface area contributed by atoms with Gasteiger partial charge in [0.1, 0.15) is 5.69 Å². The zero-order valence-corrected chi connectivity index (χ0v) is 12.1. The highest BCUT2D eigenvalue weighted by Gasteiger charge is 2.09. The summed E-state index contributed by atoms with van der Waals surface area (Å²) in [6, 6.07) is 9.81. The van der Waals surface area contributed by atoms with Crippen molar-refractivity contribution in [2.45, 2.75) is 13.5 Å². The van der Waals surface area contributed by atoms with E-state index in [9.17, 15) is 4.79 Å². The van der Waals surface area contributed by atoms with Crippen LogP contribution < -0.4 is 10.6 Å². The lowest BCUT2D eigenvalue weighted by Crippen LogP contribution is -2.23. The molecule has 0 fully saturated rings. The summed E-state index contributed by atoms with van der Waals surface area (Å²) in [5.41, 5.74) is 1.52. The largest absolute Gasteiger partial charge is 0.358 e. The second-order valence-electron chi connectivity index (χ2n) is 4.16. The topological polar surface area (TPSA) is 54.0 Å². The maximum atomic E-state index is 12.0. The van der Waals surface area contributed by atoms with Gasteiger partial charge in [-0.1, -0.05) is 42.5 Å². The number of hydrogen-bond acceptors (Lipinski definition) is 4. The molecule has 1 aromatic carbocycles. The van der Waals surface area contributed by atoms with Crippen molar-refractivity contribution in [1.82, 2.24) is 10.3 Å². The fourth-order valence-corrected chi connectivity index (χ4v) is 2.29. The van der Waals surface area contributed by atoms with Gasteiger partial charge < -0.3 is 10.6 Å². The van der Waals surface area contributed by atoms with Gasteiger partial charge in [0.05, 0.1) is 0 Å². The Bertz CT molecular complexity index is 578. The van der Waals surface area contributed by atoms with Crippen molar-refractivity contribution in [1.29, 1.82) is 0 Å². The molecule has 0 unspecified atom stereocenters. The molecule has 2 aromatic rings. The monoisotopic (exact) mass is 287 g/mol. The van der Waals surface area contributed by atoms with Gasteiger partial charge in [-0.3, -0.25) is 4.79 Å². The molecule has 4 nitrogen and oxygen atoms in total. The quantitative estimate of drug-likeness (QED) is 0.803. The van der Waals surface area contributed by atoms with Crippen LogP contribution in [0.2, 0.25) is 0 Å². The van der Waals surface area contributed by atoms with Gasteiger partial charge in [0.15, 0.2) is 5.13 Å². The van der Waals surface area contributed by atoms with Crippen molar-refractivity contribution in [2.24, 2.45) is 0 Å². The first-order valence-corrected chi connectivity index (χ1v) is 7.30. The van der Waals surface area contributed by atoms with E-state index in [0.29, 0.717) is 12.2 Å². The highest BCUT2D eigenvalue weighted by molar-refractivity contribution is 7.13. The minimum atomic E-state index is -0.149. The van der Waals surface area contributed by atoms with Crippen molar-refractivity contribution in [3.63, 3.8) is 0 Å². The lowest BCUT2D eigenvalue weighted by atomic mass is 10.2. The Balaban J connectivity index is 1.86. The van der Waals surface area contributed by atoms with Crippen LogP contribution in [-0.2, 0) is 6.54 Å². The molecule has 0 aliphatic rings. The highest BCUT2D eigenvalue weighted by Crippen LogP contribution is 2.15. The van der Waals surface area contributed by atoms with Gasteiger partial charge >= 0.3 is 0 Å². The van der Waals surface area contributed by atoms with E-state index < -0.39 is 0 Å². The second-order valence-corrected chi connectivity index (χ2v) is 5.01. The van der Waals surface area contributed by atoms with Crippen LogP contribution in [0.1, 0.15) is 23.0 Å². The fourth-order valence-electron chi connectivity index (χ4n) is 1.59. The summed E-state index contributed by atoms with van der Waals surface area (Å²) < 4.78 is 0. The van der Waals surface area contributed by atoms with Crippen molar-refractivity contribution in [3.05, 3.63) is 59.1 Å². The van der Waals surface area contributed by atoms with Crippen molar-refractivity contribution in [3.8, 4) is 0 Å². The van der Waals surface area contributed by atoms with Crippen LogP contribution in [0.4, 0.5) is 5.13 Å². The number of allylic oxidation sites excluding steroid dienone is 1. The van der Waals surface area contributed by atoms with Gasteiger partial charge in [0, 0.05) is 18.5 Å². The molecule has 0 radical (unpaired) electrons. The number of nitrogens with one attached hydrogen (secondary N) is 2. The van der Waals surface area contributed by atoms with Crippen molar-refractivity contribution in [2.75, 3.05) is 11.9 Å². The van der Waals surface area contributed by atoms with E-state index in [1.807, 2.05) is 49.4 Å². The number of rotatable bonds is 6. The third-order valence-electron chi connectivity index (χ3n) is 2.64. The van der Waals surface area contributed by atoms with Crippen LogP contribution in [0.3, 0.4) is 0 Å². The van der Waals surface area contributed by atoms with E-state index in [1.165, 1.54) is 11.3 Å². The van der Waals surface area contributed by atoms with Gasteiger partial charge in [0.2, 0.25) is 0 Å². The van der Waals surface area contributed by atoms with E-state index in [1.54, 1.807) is 5.38 Å². The molecule has 0 saturated heterocycles. The average Bonchev–Trinajstić information content (AvgIpc) is 2.95. The Morgan fingerprint density at radius 1 is 1.35 bits per heavy atom. The molecule has 2 rings (SSSR count). The van der Waals surface area contributed by atoms with Crippen LogP contribution in [0, 0.1) is 0 Å². The first-order valence-electron chi connectivity index (χ1n) is 6.42. The molecule has 0 bridgehead atoms. The number of aromatic nitrogens is 1. The summed E-state index contributed by atoms with van der Waals surface area (Å²) in [6.07, 6.45) is 3.96. The first-order chi connectivity index (χ1) is 9.79. The van der Waals surface area contributed by atoms with Crippen molar-refractivity contribution >= 4 is 22.4 Å². The van der Waals surface area contributed by atoms with Crippen LogP contribution >= 0.6 is 11.3 Å². The fraction of sp³-hybridized carbons (Fsp3) is 0.200. The predicted octanol–water partition coefficient (Wildman–Crippen LogP) is 3.06. The summed E-state index contributed by atoms with van der Waals surface area (Å²) in [5.74, 6) is -0.149. The maximum absolute atomic E-state index is 12.0. The first kappa shape index (κ1) is 14.3. The zero-order chi connectivity index (χ0) is 14.2. The zero-order valence-electron chi connectivity index (χ0n) is 11.3. The molecule has 0 spiro atoms. The third-order valence-corrected chi connectivity index (χ3v) is 3.44. The van der Waals surface area contributed by atoms with Crippen LogP contribution in [0.15, 0.2) is 47.9 Å². The molecule has 1 heterocycles. The summed E-state index contributed by atoms with van der Waals surface area (Å²) in [5, 5.41) is 8.51. The molecule has 2 N–H and O–H groups in total. The van der Waals surface area contributed by atoms with E-state index in [2.05, 4.69) is 15.6 Å². The lowest BCUT2D eigenvalue weighted by Gasteiger charge is -2.02. The summed E-state index contributed by atoms with van der Waals surface area (Å²) in [7, 11) is 0. The molecule has 1 amide bonds. The van der Waals surface area contributed by atoms with Crippen LogP contribution in [0.5, 0.6) is 0 Å². The smallest absolute Gasteiger partial charge is 0.271 e. The number of amides is 1. The number of benzene rings is 1. The molecular formula is C15H17N3OS. The van der Waals surface area contributed by atoms with Crippen molar-refractivity contribution < 1.29 is 4.79 Å². The minimum absolute atomic E-state index is 0.149. The van der Waals surface area contributed by atoms with Gasteiger partial charge in [0.25, 0.3) is 5.91 Å². The Hall–Kier alpha value is -2.14. The summed E-state index contributed by atoms with van der Waals surface area (Å²) >= 11 is 1.43. The SMILES string of the molecule is C/C=C\CNc1nc(C(=O)NCc2ccccc2)cs1. The normalized spacial score (nSPS) is 10.7. The van der Waals surface area contributed by atoms with E-state index in [0.717, 1.165) is 17.2 Å².